The Labute approximate surface area is 58.2 Å². The quantitative estimate of drug-likeness (QED) is 0.424. The Hall–Kier alpha value is 0.247. The van der Waals surface area contributed by atoms with Crippen LogP contribution in [0.15, 0.2) is 12.3 Å². The topological polar surface area (TPSA) is 0 Å². The molecule has 8 heavy (non-hydrogen) atoms. The molecular formula is C6H12ClSi. The van der Waals surface area contributed by atoms with Gasteiger partial charge in [0.05, 0.1) is 8.80 Å². The van der Waals surface area contributed by atoms with Gasteiger partial charge in [0.1, 0.15) is 0 Å². The monoisotopic (exact) mass is 147 g/mol. The Morgan fingerprint density at radius 1 is 1.75 bits per heavy atom. The predicted octanol–water partition coefficient (Wildman–Crippen LogP) is 2.47. The van der Waals surface area contributed by atoms with Gasteiger partial charge in [-0.15, -0.1) is 23.9 Å². The van der Waals surface area contributed by atoms with Gasteiger partial charge >= 0.3 is 0 Å². The lowest BCUT2D eigenvalue weighted by atomic mass is 10.6. The second-order valence-corrected chi connectivity index (χ2v) is 4.82. The van der Waals surface area contributed by atoms with Gasteiger partial charge in [0.15, 0.2) is 0 Å². The molecule has 0 aliphatic carbocycles. The van der Waals surface area contributed by atoms with E-state index in [0.29, 0.717) is 0 Å². The first kappa shape index (κ1) is 8.25. The first-order chi connectivity index (χ1) is 3.81. The molecule has 47 valence electrons. The molecule has 0 aliphatic heterocycles. The summed E-state index contributed by atoms with van der Waals surface area (Å²) in [6, 6.07) is 1.28. The van der Waals surface area contributed by atoms with Gasteiger partial charge in [-0.3, -0.25) is 0 Å². The Kier molecular flexibility index (Phi) is 5.55. The van der Waals surface area contributed by atoms with Crippen molar-refractivity contribution >= 4 is 20.4 Å². The highest BCUT2D eigenvalue weighted by Crippen LogP contribution is 1.98. The highest BCUT2D eigenvalue weighted by Gasteiger charge is 1.95. The van der Waals surface area contributed by atoms with Crippen molar-refractivity contribution in [3.63, 3.8) is 0 Å². The van der Waals surface area contributed by atoms with Crippen molar-refractivity contribution < 1.29 is 0 Å². The third kappa shape index (κ3) is 4.41. The molecule has 2 heteroatoms. The smallest absolute Gasteiger partial charge is 0.0717 e. The summed E-state index contributed by atoms with van der Waals surface area (Å²) in [5, 5.41) is 0. The summed E-state index contributed by atoms with van der Waals surface area (Å²) in [7, 11) is -0.212. The predicted molar refractivity (Wildman–Crippen MR) is 42.0 cm³/mol. The van der Waals surface area contributed by atoms with Crippen LogP contribution in [0.5, 0.6) is 0 Å². The van der Waals surface area contributed by atoms with Gasteiger partial charge in [-0.25, -0.2) is 0 Å². The average Bonchev–Trinajstić information content (AvgIpc) is 1.83. The third-order valence-corrected chi connectivity index (χ3v) is 3.16. The van der Waals surface area contributed by atoms with E-state index in [0.717, 1.165) is 12.3 Å². The van der Waals surface area contributed by atoms with E-state index < -0.39 is 0 Å². The zero-order chi connectivity index (χ0) is 6.41. The van der Waals surface area contributed by atoms with Gasteiger partial charge in [0, 0.05) is 5.88 Å². The molecule has 0 aromatic carbocycles. The molecule has 0 N–H and O–H groups in total. The first-order valence-corrected chi connectivity index (χ1v) is 5.64. The lowest BCUT2D eigenvalue weighted by molar-refractivity contribution is 1.08. The Morgan fingerprint density at radius 2 is 2.38 bits per heavy atom. The van der Waals surface area contributed by atoms with Crippen LogP contribution >= 0.6 is 11.6 Å². The van der Waals surface area contributed by atoms with Crippen LogP contribution in [0.25, 0.3) is 0 Å². The van der Waals surface area contributed by atoms with Gasteiger partial charge in [-0.2, -0.15) is 0 Å². The molecule has 0 amide bonds. The molecule has 0 fully saturated rings. The molecule has 0 bridgehead atoms. The fourth-order valence-electron chi connectivity index (χ4n) is 0.448. The summed E-state index contributed by atoms with van der Waals surface area (Å²) < 4.78 is 0. The number of rotatable bonds is 4. The van der Waals surface area contributed by atoms with Crippen molar-refractivity contribution in [3.05, 3.63) is 12.3 Å². The van der Waals surface area contributed by atoms with Crippen LogP contribution < -0.4 is 0 Å². The Balaban J connectivity index is 2.98. The fraction of sp³-hybridized carbons (Fsp3) is 0.667. The fourth-order valence-corrected chi connectivity index (χ4v) is 1.74. The van der Waals surface area contributed by atoms with Crippen LogP contribution in [0.2, 0.25) is 12.6 Å². The molecule has 0 saturated carbocycles. The van der Waals surface area contributed by atoms with Crippen LogP contribution in [-0.2, 0) is 0 Å². The largest absolute Gasteiger partial charge is 0.127 e. The molecular weight excluding hydrogens is 136 g/mol. The van der Waals surface area contributed by atoms with E-state index in [4.69, 9.17) is 11.6 Å². The second kappa shape index (κ2) is 5.38. The van der Waals surface area contributed by atoms with E-state index in [-0.39, 0.29) is 8.80 Å². The van der Waals surface area contributed by atoms with Crippen molar-refractivity contribution in [2.45, 2.75) is 19.0 Å². The molecule has 0 saturated heterocycles. The molecule has 0 nitrogen and oxygen atoms in total. The van der Waals surface area contributed by atoms with Gasteiger partial charge in [0.2, 0.25) is 0 Å². The molecule has 0 aromatic rings. The van der Waals surface area contributed by atoms with E-state index in [1.54, 1.807) is 0 Å². The van der Waals surface area contributed by atoms with Gasteiger partial charge in [-0.05, 0) is 6.42 Å². The normalized spacial score (nSPS) is 9.88. The SMILES string of the molecule is C=C[Si](C)CCCCl. The van der Waals surface area contributed by atoms with Crippen LogP contribution in [-0.4, -0.2) is 14.7 Å². The Bertz CT molecular complexity index is 63.5. The maximum absolute atomic E-state index is 5.48. The summed E-state index contributed by atoms with van der Waals surface area (Å²) >= 11 is 5.48. The van der Waals surface area contributed by atoms with E-state index >= 15 is 0 Å². The lowest BCUT2D eigenvalue weighted by Gasteiger charge is -1.97. The number of halogens is 1. The van der Waals surface area contributed by atoms with Crippen LogP contribution in [0.3, 0.4) is 0 Å². The minimum atomic E-state index is -0.212. The van der Waals surface area contributed by atoms with E-state index in [1.807, 2.05) is 0 Å². The van der Waals surface area contributed by atoms with Crippen molar-refractivity contribution in [2.24, 2.45) is 0 Å². The van der Waals surface area contributed by atoms with E-state index in [2.05, 4.69) is 18.8 Å². The lowest BCUT2D eigenvalue weighted by Crippen LogP contribution is -2.00. The molecule has 0 unspecified atom stereocenters. The molecule has 0 aliphatic rings. The summed E-state index contributed by atoms with van der Waals surface area (Å²) in [5.41, 5.74) is 2.07. The summed E-state index contributed by atoms with van der Waals surface area (Å²) in [4.78, 5) is 0. The van der Waals surface area contributed by atoms with Gasteiger partial charge < -0.3 is 0 Å². The molecule has 0 rings (SSSR count). The molecule has 0 aromatic heterocycles. The number of hydrogen-bond donors (Lipinski definition) is 0. The van der Waals surface area contributed by atoms with Gasteiger partial charge in [0.25, 0.3) is 0 Å². The first-order valence-electron chi connectivity index (χ1n) is 2.82. The van der Waals surface area contributed by atoms with E-state index in [9.17, 15) is 0 Å². The second-order valence-electron chi connectivity index (χ2n) is 1.84. The Morgan fingerprint density at radius 3 is 2.75 bits per heavy atom. The average molecular weight is 148 g/mol. The third-order valence-electron chi connectivity index (χ3n) is 1.05. The minimum Gasteiger partial charge on any atom is -0.127 e. The van der Waals surface area contributed by atoms with Crippen LogP contribution in [0.1, 0.15) is 6.42 Å². The molecule has 0 atom stereocenters. The summed E-state index contributed by atoms with van der Waals surface area (Å²) in [5.74, 6) is 0.801. The highest BCUT2D eigenvalue weighted by atomic mass is 35.5. The van der Waals surface area contributed by atoms with Crippen LogP contribution in [0, 0.1) is 0 Å². The molecule has 0 heterocycles. The van der Waals surface area contributed by atoms with Gasteiger partial charge in [-0.1, -0.05) is 12.6 Å². The molecule has 1 radical (unpaired) electrons. The molecule has 0 spiro atoms. The summed E-state index contributed by atoms with van der Waals surface area (Å²) in [6.07, 6.45) is 1.15. The number of alkyl halides is 1. The van der Waals surface area contributed by atoms with Crippen molar-refractivity contribution in [1.82, 2.24) is 0 Å². The maximum Gasteiger partial charge on any atom is 0.0717 e. The minimum absolute atomic E-state index is 0.212. The van der Waals surface area contributed by atoms with Crippen molar-refractivity contribution in [3.8, 4) is 0 Å². The zero-order valence-corrected chi connectivity index (χ0v) is 7.04. The zero-order valence-electron chi connectivity index (χ0n) is 5.28. The summed E-state index contributed by atoms with van der Waals surface area (Å²) in [6.45, 7) is 5.97. The van der Waals surface area contributed by atoms with Crippen molar-refractivity contribution in [2.75, 3.05) is 5.88 Å². The van der Waals surface area contributed by atoms with E-state index in [1.165, 1.54) is 6.04 Å². The maximum atomic E-state index is 5.48. The highest BCUT2D eigenvalue weighted by molar-refractivity contribution is 6.62. The van der Waals surface area contributed by atoms with Crippen LogP contribution in [0.4, 0.5) is 0 Å². The number of hydrogen-bond acceptors (Lipinski definition) is 0. The van der Waals surface area contributed by atoms with Crippen molar-refractivity contribution in [1.29, 1.82) is 0 Å². The standard InChI is InChI=1S/C6H12ClSi/c1-3-8(2)6-4-5-7/h3H,1,4-6H2,2H3.